The lowest BCUT2D eigenvalue weighted by atomic mass is 9.69. The summed E-state index contributed by atoms with van der Waals surface area (Å²) in [5.74, 6) is -5.09. The molecule has 5 aromatic rings. The third-order valence-corrected chi connectivity index (χ3v) is 14.7. The average molecular weight is 1050 g/mol. The Hall–Kier alpha value is -8.43. The number of carbonyl (C=O) groups excluding carboxylic acids is 8. The van der Waals surface area contributed by atoms with Crippen LogP contribution in [0.1, 0.15) is 84.0 Å². The van der Waals surface area contributed by atoms with Crippen molar-refractivity contribution in [1.29, 1.82) is 0 Å². The van der Waals surface area contributed by atoms with Crippen molar-refractivity contribution in [3.05, 3.63) is 140 Å². The predicted octanol–water partition coefficient (Wildman–Crippen LogP) is 2.35. The van der Waals surface area contributed by atoms with Gasteiger partial charge in [-0.25, -0.2) is 19.1 Å². The van der Waals surface area contributed by atoms with Crippen molar-refractivity contribution < 1.29 is 57.3 Å². The van der Waals surface area contributed by atoms with Gasteiger partial charge in [0.25, 0.3) is 17.4 Å². The molecule has 5 heterocycles. The summed E-state index contributed by atoms with van der Waals surface area (Å²) in [4.78, 5) is 122. The molecule has 9 rings (SSSR count). The number of ether oxygens (including phenoxy) is 2. The van der Waals surface area contributed by atoms with E-state index in [4.69, 9.17) is 14.5 Å². The normalized spacial score (nSPS) is 18.2. The number of fused-ring (bicyclic) bond motifs is 5. The van der Waals surface area contributed by atoms with Crippen molar-refractivity contribution in [3.63, 3.8) is 0 Å². The molecule has 0 saturated heterocycles. The van der Waals surface area contributed by atoms with E-state index in [1.807, 2.05) is 6.92 Å². The van der Waals surface area contributed by atoms with Crippen molar-refractivity contribution in [2.75, 3.05) is 37.9 Å². The lowest BCUT2D eigenvalue weighted by molar-refractivity contribution is -0.172. The number of nitrogens with zero attached hydrogens (tertiary/aromatic N) is 3. The van der Waals surface area contributed by atoms with Gasteiger partial charge in [0.2, 0.25) is 29.5 Å². The number of aromatic nitrogens is 2. The van der Waals surface area contributed by atoms with Gasteiger partial charge in [-0.05, 0) is 85.0 Å². The molecule has 77 heavy (non-hydrogen) atoms. The molecule has 7 amide bonds. The molecular formula is C56H57FN8O12. The number of nitrogens with one attached hydrogen (secondary N) is 5. The highest BCUT2D eigenvalue weighted by Crippen LogP contribution is 2.49. The number of esters is 1. The number of pyridine rings is 2. The molecule has 0 bridgehead atoms. The molecule has 1 aliphatic carbocycles. The Labute approximate surface area is 440 Å². The number of amides is 7. The number of hydrogen-bond acceptors (Lipinski definition) is 13. The smallest absolute Gasteiger partial charge is 0.343 e. The topological polar surface area (TPSA) is 274 Å². The van der Waals surface area contributed by atoms with Crippen LogP contribution in [-0.2, 0) is 91.3 Å². The van der Waals surface area contributed by atoms with E-state index in [1.54, 1.807) is 74.5 Å². The summed E-state index contributed by atoms with van der Waals surface area (Å²) in [5, 5.41) is 25.0. The molecule has 400 valence electrons. The molecule has 21 heteroatoms. The molecule has 0 radical (unpaired) electrons. The number of benzene rings is 3. The summed E-state index contributed by atoms with van der Waals surface area (Å²) in [6.07, 6.45) is 4.54. The fourth-order valence-electron chi connectivity index (χ4n) is 10.5. The second-order valence-corrected chi connectivity index (χ2v) is 19.9. The predicted molar refractivity (Wildman–Crippen MR) is 276 cm³/mol. The first-order valence-electron chi connectivity index (χ1n) is 25.3. The summed E-state index contributed by atoms with van der Waals surface area (Å²) < 4.78 is 28.4. The zero-order chi connectivity index (χ0) is 54.8. The molecule has 4 aliphatic rings. The Balaban J connectivity index is 0.765. The molecule has 20 nitrogen and oxygen atoms in total. The molecule has 0 fully saturated rings. The number of imide groups is 1. The maximum Gasteiger partial charge on any atom is 0.343 e. The van der Waals surface area contributed by atoms with Crippen molar-refractivity contribution >= 4 is 63.9 Å². The van der Waals surface area contributed by atoms with E-state index >= 15 is 4.39 Å². The van der Waals surface area contributed by atoms with Gasteiger partial charge in [0.15, 0.2) is 5.60 Å². The van der Waals surface area contributed by atoms with Crippen LogP contribution >= 0.6 is 0 Å². The Morgan fingerprint density at radius 1 is 0.844 bits per heavy atom. The largest absolute Gasteiger partial charge is 0.458 e. The minimum Gasteiger partial charge on any atom is -0.458 e. The SMILES string of the molecule is CC[C@@]1(O)C(=O)OCc2c1cc1n(c2=O)Cc2c-1nc1cc(F)c(C)c3c1c2C(C)(COCNC(=O)CNC(=O)[C@H](Cc1ccccc1)NC(=O)CNC(=O)CNC(=O)CCCc1ccc(N2C(=O)C=CC2=O)cc1)CC3. The fourth-order valence-corrected chi connectivity index (χ4v) is 10.5. The maximum absolute atomic E-state index is 15.5. The highest BCUT2D eigenvalue weighted by molar-refractivity contribution is 6.28. The standard InChI is InChI=1S/C56H57FN8O12/c1-4-56(75)38-22-42-51-36(27-64(42)53(73)37(38)28-77-54(56)74)50-49-35(31(2)39(57)23-40(49)63-51)19-20-55(50,3)29-76-30-61-45(68)25-60-52(72)41(21-33-9-6-5-7-10-33)62-46(69)26-59-44(67)24-58-43(66)12-8-11-32-13-15-34(16-14-32)65-47(70)17-18-48(65)71/h5-7,9-10,13-18,22-23,41,75H,4,8,11-12,19-21,24-30H2,1-3H3,(H,58,66)(H,59,67)(H,60,72)(H,61,68)(H,62,69)/t41-,55?,56-/m0/s1. The Morgan fingerprint density at radius 2 is 1.53 bits per heavy atom. The summed E-state index contributed by atoms with van der Waals surface area (Å²) in [6.45, 7) is 3.62. The fraction of sp³-hybridized carbons (Fsp3) is 0.357. The number of hydrogen-bond donors (Lipinski definition) is 6. The molecule has 6 N–H and O–H groups in total. The molecule has 3 aliphatic heterocycles. The molecular weight excluding hydrogens is 996 g/mol. The Bertz CT molecular complexity index is 3340. The van der Waals surface area contributed by atoms with Crippen LogP contribution in [-0.4, -0.2) is 101 Å². The van der Waals surface area contributed by atoms with Crippen molar-refractivity contribution in [2.24, 2.45) is 0 Å². The van der Waals surface area contributed by atoms with Gasteiger partial charge in [0, 0.05) is 53.0 Å². The number of anilines is 1. The van der Waals surface area contributed by atoms with Crippen LogP contribution in [0.5, 0.6) is 0 Å². The van der Waals surface area contributed by atoms with Crippen LogP contribution in [0.3, 0.4) is 0 Å². The highest BCUT2D eigenvalue weighted by Gasteiger charge is 2.47. The van der Waals surface area contributed by atoms with E-state index in [-0.39, 0.29) is 62.8 Å². The second kappa shape index (κ2) is 22.0. The average Bonchev–Trinajstić information content (AvgIpc) is 4.12. The number of rotatable bonds is 20. The van der Waals surface area contributed by atoms with E-state index < -0.39 is 89.5 Å². The van der Waals surface area contributed by atoms with Crippen LogP contribution < -0.4 is 37.0 Å². The van der Waals surface area contributed by atoms with Crippen LogP contribution in [0.25, 0.3) is 22.3 Å². The monoisotopic (exact) mass is 1050 g/mol. The van der Waals surface area contributed by atoms with Gasteiger partial charge in [-0.2, -0.15) is 0 Å². The van der Waals surface area contributed by atoms with E-state index in [2.05, 4.69) is 26.6 Å². The van der Waals surface area contributed by atoms with Gasteiger partial charge in [-0.3, -0.25) is 38.4 Å². The van der Waals surface area contributed by atoms with Gasteiger partial charge < -0.3 is 45.7 Å². The maximum atomic E-state index is 15.5. The van der Waals surface area contributed by atoms with Crippen molar-refractivity contribution in [3.8, 4) is 11.4 Å². The van der Waals surface area contributed by atoms with E-state index in [0.29, 0.717) is 59.4 Å². The summed E-state index contributed by atoms with van der Waals surface area (Å²) in [7, 11) is 0. The lowest BCUT2D eigenvalue weighted by Gasteiger charge is -2.37. The first-order valence-corrected chi connectivity index (χ1v) is 25.3. The second-order valence-electron chi connectivity index (χ2n) is 19.9. The van der Waals surface area contributed by atoms with Crippen LogP contribution in [0.4, 0.5) is 10.1 Å². The third-order valence-electron chi connectivity index (χ3n) is 14.7. The first-order chi connectivity index (χ1) is 36.9. The van der Waals surface area contributed by atoms with E-state index in [0.717, 1.165) is 32.5 Å². The minimum absolute atomic E-state index is 0.0295. The number of aryl methyl sites for hydroxylation is 2. The van der Waals surface area contributed by atoms with Gasteiger partial charge in [0.05, 0.1) is 60.9 Å². The number of halogens is 1. The molecule has 0 saturated carbocycles. The Morgan fingerprint density at radius 3 is 2.26 bits per heavy atom. The Kier molecular flexibility index (Phi) is 15.3. The van der Waals surface area contributed by atoms with Crippen LogP contribution in [0.2, 0.25) is 0 Å². The van der Waals surface area contributed by atoms with Crippen LogP contribution in [0, 0.1) is 12.7 Å². The van der Waals surface area contributed by atoms with E-state index in [9.17, 15) is 48.3 Å². The number of aliphatic hydroxyl groups is 1. The summed E-state index contributed by atoms with van der Waals surface area (Å²) in [6, 6.07) is 17.5. The number of cyclic esters (lactones) is 1. The third kappa shape index (κ3) is 10.9. The van der Waals surface area contributed by atoms with E-state index in [1.165, 1.54) is 22.8 Å². The van der Waals surface area contributed by atoms with Gasteiger partial charge in [-0.15, -0.1) is 0 Å². The molecule has 3 atom stereocenters. The zero-order valence-corrected chi connectivity index (χ0v) is 42.6. The van der Waals surface area contributed by atoms with Crippen molar-refractivity contribution in [2.45, 2.75) is 95.9 Å². The zero-order valence-electron chi connectivity index (χ0n) is 42.6. The summed E-state index contributed by atoms with van der Waals surface area (Å²) >= 11 is 0. The molecule has 3 aromatic carbocycles. The molecule has 0 spiro atoms. The van der Waals surface area contributed by atoms with Gasteiger partial charge >= 0.3 is 5.97 Å². The van der Waals surface area contributed by atoms with Gasteiger partial charge in [-0.1, -0.05) is 56.3 Å². The van der Waals surface area contributed by atoms with Gasteiger partial charge in [0.1, 0.15) is 25.2 Å². The lowest BCUT2D eigenvalue weighted by Crippen LogP contribution is -2.52. The quantitative estimate of drug-likeness (QED) is 0.0278. The molecule has 1 unspecified atom stereocenters. The number of carbonyl (C=O) groups is 8. The first kappa shape index (κ1) is 53.4. The molecule has 2 aromatic heterocycles. The minimum atomic E-state index is -2.03. The van der Waals surface area contributed by atoms with Crippen molar-refractivity contribution in [1.82, 2.24) is 36.1 Å². The summed E-state index contributed by atoms with van der Waals surface area (Å²) in [5.41, 5.74) is 3.18. The van der Waals surface area contributed by atoms with Crippen LogP contribution in [0.15, 0.2) is 83.7 Å². The highest BCUT2D eigenvalue weighted by atomic mass is 19.1.